The van der Waals surface area contributed by atoms with Crippen LogP contribution < -0.4 is 5.32 Å². The van der Waals surface area contributed by atoms with E-state index >= 15 is 0 Å². The Balaban J connectivity index is 2.53. The van der Waals surface area contributed by atoms with Gasteiger partial charge in [0, 0.05) is 12.6 Å². The first-order valence-corrected chi connectivity index (χ1v) is 6.26. The van der Waals surface area contributed by atoms with Gasteiger partial charge < -0.3 is 10.2 Å². The minimum Gasteiger partial charge on any atom is -0.341 e. The van der Waals surface area contributed by atoms with E-state index in [0.717, 1.165) is 19.3 Å². The number of carbonyl (C=O) groups is 2. The molecule has 1 aliphatic heterocycles. The van der Waals surface area contributed by atoms with Gasteiger partial charge in [0.2, 0.25) is 5.91 Å². The normalized spacial score (nSPS) is 24.0. The van der Waals surface area contributed by atoms with Gasteiger partial charge in [-0.15, -0.1) is 0 Å². The predicted octanol–water partition coefficient (Wildman–Crippen LogP) is 1.43. The van der Waals surface area contributed by atoms with Crippen LogP contribution in [0.4, 0.5) is 4.39 Å². The highest BCUT2D eigenvalue weighted by Gasteiger charge is 2.28. The average molecular weight is 265 g/mol. The van der Waals surface area contributed by atoms with Gasteiger partial charge in [-0.1, -0.05) is 11.6 Å². The van der Waals surface area contributed by atoms with Gasteiger partial charge in [-0.2, -0.15) is 0 Å². The standard InChI is InChI=1S/C11H18ClFN2O2/c1-7-5-3-4-6-15(7)11(17)8(2)14-10(16)9(12)13/h7-9H,3-6H2,1-2H3,(H,14,16). The van der Waals surface area contributed by atoms with Crippen LogP contribution in [-0.2, 0) is 9.59 Å². The second-order valence-electron chi connectivity index (χ2n) is 4.41. The Hall–Kier alpha value is -0.840. The molecule has 3 atom stereocenters. The quantitative estimate of drug-likeness (QED) is 0.784. The summed E-state index contributed by atoms with van der Waals surface area (Å²) in [5.41, 5.74) is -2.11. The molecule has 3 unspecified atom stereocenters. The summed E-state index contributed by atoms with van der Waals surface area (Å²) >= 11 is 4.99. The van der Waals surface area contributed by atoms with Crippen LogP contribution in [0.2, 0.25) is 0 Å². The summed E-state index contributed by atoms with van der Waals surface area (Å²) in [5, 5.41) is 2.26. The Morgan fingerprint density at radius 3 is 2.65 bits per heavy atom. The molecule has 1 aliphatic rings. The van der Waals surface area contributed by atoms with Gasteiger partial charge >= 0.3 is 0 Å². The molecule has 0 aliphatic carbocycles. The Morgan fingerprint density at radius 2 is 2.12 bits per heavy atom. The van der Waals surface area contributed by atoms with Crippen molar-refractivity contribution in [2.45, 2.75) is 50.8 Å². The van der Waals surface area contributed by atoms with Gasteiger partial charge in [-0.25, -0.2) is 4.39 Å². The number of alkyl halides is 2. The molecule has 0 bridgehead atoms. The summed E-state index contributed by atoms with van der Waals surface area (Å²) in [5.74, 6) is -1.14. The zero-order valence-corrected chi connectivity index (χ0v) is 10.8. The largest absolute Gasteiger partial charge is 0.341 e. The molecule has 98 valence electrons. The first kappa shape index (κ1) is 14.2. The van der Waals surface area contributed by atoms with E-state index in [9.17, 15) is 14.0 Å². The molecular formula is C11H18ClFN2O2. The van der Waals surface area contributed by atoms with Crippen molar-refractivity contribution in [2.24, 2.45) is 0 Å². The summed E-state index contributed by atoms with van der Waals surface area (Å²) in [7, 11) is 0. The number of hydrogen-bond donors (Lipinski definition) is 1. The maximum absolute atomic E-state index is 12.5. The van der Waals surface area contributed by atoms with E-state index < -0.39 is 17.6 Å². The highest BCUT2D eigenvalue weighted by molar-refractivity contribution is 6.29. The molecule has 1 fully saturated rings. The lowest BCUT2D eigenvalue weighted by molar-refractivity contribution is -0.139. The van der Waals surface area contributed by atoms with Crippen molar-refractivity contribution < 1.29 is 14.0 Å². The van der Waals surface area contributed by atoms with Gasteiger partial charge in [0.25, 0.3) is 11.5 Å². The molecule has 1 heterocycles. The second kappa shape index (κ2) is 6.19. The molecule has 0 saturated carbocycles. The van der Waals surface area contributed by atoms with Crippen LogP contribution in [0, 0.1) is 0 Å². The fraction of sp³-hybridized carbons (Fsp3) is 0.818. The van der Waals surface area contributed by atoms with Crippen molar-refractivity contribution in [2.75, 3.05) is 6.54 Å². The van der Waals surface area contributed by atoms with E-state index in [0.29, 0.717) is 6.54 Å². The van der Waals surface area contributed by atoms with Crippen LogP contribution in [0.1, 0.15) is 33.1 Å². The average Bonchev–Trinajstić information content (AvgIpc) is 2.28. The van der Waals surface area contributed by atoms with Crippen LogP contribution in [0.25, 0.3) is 0 Å². The zero-order chi connectivity index (χ0) is 13.0. The smallest absolute Gasteiger partial charge is 0.270 e. The molecule has 0 spiro atoms. The second-order valence-corrected chi connectivity index (χ2v) is 4.79. The SMILES string of the molecule is CC(NC(=O)C(F)Cl)C(=O)N1CCCCC1C. The van der Waals surface area contributed by atoms with Crippen LogP contribution >= 0.6 is 11.6 Å². The number of piperidine rings is 1. The summed E-state index contributed by atoms with van der Waals surface area (Å²) in [6, 6.07) is -0.562. The van der Waals surface area contributed by atoms with Crippen molar-refractivity contribution in [3.8, 4) is 0 Å². The number of nitrogens with zero attached hydrogens (tertiary/aromatic N) is 1. The Kier molecular flexibility index (Phi) is 5.18. The Bertz CT molecular complexity index is 299. The van der Waals surface area contributed by atoms with Crippen molar-refractivity contribution in [3.05, 3.63) is 0 Å². The van der Waals surface area contributed by atoms with Crippen molar-refractivity contribution in [1.82, 2.24) is 10.2 Å². The molecule has 1 saturated heterocycles. The van der Waals surface area contributed by atoms with E-state index in [1.807, 2.05) is 6.92 Å². The van der Waals surface area contributed by atoms with E-state index in [1.165, 1.54) is 0 Å². The number of halogens is 2. The molecule has 1 rings (SSSR count). The molecule has 0 aromatic heterocycles. The van der Waals surface area contributed by atoms with E-state index in [2.05, 4.69) is 5.32 Å². The fourth-order valence-corrected chi connectivity index (χ4v) is 2.08. The molecule has 0 aromatic carbocycles. The van der Waals surface area contributed by atoms with Crippen LogP contribution in [0.3, 0.4) is 0 Å². The van der Waals surface area contributed by atoms with Gasteiger partial charge in [0.05, 0.1) is 0 Å². The van der Waals surface area contributed by atoms with Gasteiger partial charge in [-0.3, -0.25) is 9.59 Å². The summed E-state index contributed by atoms with van der Waals surface area (Å²) < 4.78 is 12.5. The highest BCUT2D eigenvalue weighted by atomic mass is 35.5. The highest BCUT2D eigenvalue weighted by Crippen LogP contribution is 2.17. The summed E-state index contributed by atoms with van der Waals surface area (Å²) in [6.07, 6.45) is 3.05. The molecule has 6 heteroatoms. The number of rotatable bonds is 3. The van der Waals surface area contributed by atoms with Gasteiger partial charge in [0.1, 0.15) is 6.04 Å². The van der Waals surface area contributed by atoms with Crippen LogP contribution in [0.5, 0.6) is 0 Å². The van der Waals surface area contributed by atoms with E-state index in [-0.39, 0.29) is 11.9 Å². The number of likely N-dealkylation sites (tertiary alicyclic amines) is 1. The minimum atomic E-state index is -2.11. The maximum atomic E-state index is 12.5. The first-order chi connectivity index (χ1) is 7.93. The topological polar surface area (TPSA) is 49.4 Å². The van der Waals surface area contributed by atoms with E-state index in [1.54, 1.807) is 11.8 Å². The van der Waals surface area contributed by atoms with Crippen molar-refractivity contribution in [3.63, 3.8) is 0 Å². The van der Waals surface area contributed by atoms with Crippen molar-refractivity contribution >= 4 is 23.4 Å². The predicted molar refractivity (Wildman–Crippen MR) is 63.4 cm³/mol. The van der Waals surface area contributed by atoms with Crippen molar-refractivity contribution in [1.29, 1.82) is 0 Å². The van der Waals surface area contributed by atoms with Crippen LogP contribution in [-0.4, -0.2) is 41.0 Å². The molecule has 0 aromatic rings. The monoisotopic (exact) mass is 264 g/mol. The molecule has 17 heavy (non-hydrogen) atoms. The molecule has 0 radical (unpaired) electrons. The first-order valence-electron chi connectivity index (χ1n) is 5.82. The summed E-state index contributed by atoms with van der Waals surface area (Å²) in [4.78, 5) is 24.8. The Labute approximate surface area is 105 Å². The van der Waals surface area contributed by atoms with Crippen LogP contribution in [0.15, 0.2) is 0 Å². The third kappa shape index (κ3) is 3.84. The molecule has 4 nitrogen and oxygen atoms in total. The molecule has 2 amide bonds. The third-order valence-corrected chi connectivity index (χ3v) is 3.21. The Morgan fingerprint density at radius 1 is 1.47 bits per heavy atom. The fourth-order valence-electron chi connectivity index (χ4n) is 2.01. The number of nitrogens with one attached hydrogen (secondary N) is 1. The zero-order valence-electron chi connectivity index (χ0n) is 10.1. The van der Waals surface area contributed by atoms with Gasteiger partial charge in [0.15, 0.2) is 0 Å². The van der Waals surface area contributed by atoms with Gasteiger partial charge in [-0.05, 0) is 33.1 Å². The number of amides is 2. The number of hydrogen-bond acceptors (Lipinski definition) is 2. The molecular weight excluding hydrogens is 247 g/mol. The lowest BCUT2D eigenvalue weighted by Gasteiger charge is -2.35. The van der Waals surface area contributed by atoms with E-state index in [4.69, 9.17) is 11.6 Å². The minimum absolute atomic E-state index is 0.174. The summed E-state index contributed by atoms with van der Waals surface area (Å²) in [6.45, 7) is 4.21. The number of carbonyl (C=O) groups excluding carboxylic acids is 2. The maximum Gasteiger partial charge on any atom is 0.270 e. The molecule has 1 N–H and O–H groups in total. The lowest BCUT2D eigenvalue weighted by Crippen LogP contribution is -2.52. The lowest BCUT2D eigenvalue weighted by atomic mass is 10.0. The third-order valence-electron chi connectivity index (χ3n) is 3.01.